The molecule has 0 fully saturated rings. The van der Waals surface area contributed by atoms with Crippen LogP contribution >= 0.6 is 22.9 Å². The summed E-state index contributed by atoms with van der Waals surface area (Å²) in [5, 5.41) is 1.98. The number of halogens is 3. The number of rotatable bonds is 0. The average molecular weight is 205 g/mol. The fraction of sp³-hybridized carbons (Fsp3) is 0. The van der Waals surface area contributed by atoms with Crippen LogP contribution in [-0.4, -0.2) is 0 Å². The fourth-order valence-corrected chi connectivity index (χ4v) is 2.26. The minimum atomic E-state index is -0.474. The molecule has 0 aliphatic heterocycles. The molecule has 0 atom stereocenters. The second kappa shape index (κ2) is 2.68. The van der Waals surface area contributed by atoms with Gasteiger partial charge in [-0.3, -0.25) is 0 Å². The Hall–Kier alpha value is -0.670. The van der Waals surface area contributed by atoms with Crippen LogP contribution in [0.1, 0.15) is 0 Å². The van der Waals surface area contributed by atoms with Crippen molar-refractivity contribution in [2.45, 2.75) is 0 Å². The highest BCUT2D eigenvalue weighted by atomic mass is 35.5. The van der Waals surface area contributed by atoms with Gasteiger partial charge in [0, 0.05) is 10.8 Å². The van der Waals surface area contributed by atoms with E-state index in [0.717, 1.165) is 23.5 Å². The van der Waals surface area contributed by atoms with Gasteiger partial charge in [-0.05, 0) is 12.1 Å². The number of hydrogen-bond acceptors (Lipinski definition) is 1. The smallest absolute Gasteiger partial charge is 0.141 e. The van der Waals surface area contributed by atoms with Crippen LogP contribution < -0.4 is 0 Å². The molecule has 0 spiro atoms. The maximum Gasteiger partial charge on any atom is 0.141 e. The first-order valence-corrected chi connectivity index (χ1v) is 4.46. The summed E-state index contributed by atoms with van der Waals surface area (Å²) in [7, 11) is 0. The molecule has 4 heteroatoms. The molecule has 1 aromatic carbocycles. The predicted octanol–water partition coefficient (Wildman–Crippen LogP) is 3.83. The normalized spacial score (nSPS) is 10.9. The van der Waals surface area contributed by atoms with Gasteiger partial charge in [-0.25, -0.2) is 8.78 Å². The monoisotopic (exact) mass is 204 g/mol. The zero-order valence-electron chi connectivity index (χ0n) is 5.77. The average Bonchev–Trinajstić information content (AvgIpc) is 2.42. The molecule has 0 amide bonds. The number of hydrogen-bond donors (Lipinski definition) is 0. The Kier molecular flexibility index (Phi) is 1.77. The van der Waals surface area contributed by atoms with Crippen LogP contribution in [0.4, 0.5) is 8.78 Å². The van der Waals surface area contributed by atoms with Crippen molar-refractivity contribution in [3.8, 4) is 0 Å². The van der Waals surface area contributed by atoms with Gasteiger partial charge in [-0.1, -0.05) is 11.6 Å². The molecule has 0 N–H and O–H groups in total. The summed E-state index contributed by atoms with van der Waals surface area (Å²) in [6, 6.07) is 2.18. The van der Waals surface area contributed by atoms with Crippen LogP contribution in [0, 0.1) is 11.6 Å². The molecule has 0 radical (unpaired) electrons. The SMILES string of the molecule is Fc1ccc(F)c2c(Cl)csc12. The molecule has 0 bridgehead atoms. The van der Waals surface area contributed by atoms with Gasteiger partial charge in [-0.15, -0.1) is 11.3 Å². The summed E-state index contributed by atoms with van der Waals surface area (Å²) < 4.78 is 26.3. The molecule has 2 rings (SSSR count). The lowest BCUT2D eigenvalue weighted by atomic mass is 10.2. The summed E-state index contributed by atoms with van der Waals surface area (Å²) >= 11 is 6.76. The van der Waals surface area contributed by atoms with E-state index in [1.807, 2.05) is 0 Å². The van der Waals surface area contributed by atoms with Gasteiger partial charge in [0.1, 0.15) is 11.6 Å². The van der Waals surface area contributed by atoms with Gasteiger partial charge in [0.2, 0.25) is 0 Å². The Balaban J connectivity index is 2.98. The van der Waals surface area contributed by atoms with Crippen molar-refractivity contribution in [3.63, 3.8) is 0 Å². The molecule has 1 aromatic heterocycles. The molecule has 12 heavy (non-hydrogen) atoms. The highest BCUT2D eigenvalue weighted by Crippen LogP contribution is 2.33. The third kappa shape index (κ3) is 1.01. The molecule has 0 saturated heterocycles. The Morgan fingerprint density at radius 2 is 1.83 bits per heavy atom. The molecule has 0 saturated carbocycles. The van der Waals surface area contributed by atoms with E-state index in [0.29, 0.717) is 0 Å². The van der Waals surface area contributed by atoms with Gasteiger partial charge >= 0.3 is 0 Å². The van der Waals surface area contributed by atoms with E-state index in [-0.39, 0.29) is 15.1 Å². The van der Waals surface area contributed by atoms with Crippen LogP contribution in [0.15, 0.2) is 17.5 Å². The van der Waals surface area contributed by atoms with Crippen molar-refractivity contribution in [1.82, 2.24) is 0 Å². The lowest BCUT2D eigenvalue weighted by Gasteiger charge is -1.93. The van der Waals surface area contributed by atoms with Crippen LogP contribution in [0.3, 0.4) is 0 Å². The van der Waals surface area contributed by atoms with Crippen molar-refractivity contribution in [2.24, 2.45) is 0 Å². The maximum absolute atomic E-state index is 13.0. The predicted molar refractivity (Wildman–Crippen MR) is 46.8 cm³/mol. The first kappa shape index (κ1) is 7.95. The molecule has 62 valence electrons. The first-order valence-electron chi connectivity index (χ1n) is 3.21. The molecule has 0 aliphatic rings. The highest BCUT2D eigenvalue weighted by Gasteiger charge is 2.10. The van der Waals surface area contributed by atoms with E-state index in [2.05, 4.69) is 0 Å². The van der Waals surface area contributed by atoms with Gasteiger partial charge < -0.3 is 0 Å². The second-order valence-corrected chi connectivity index (χ2v) is 3.60. The number of thiophene rings is 1. The molecule has 0 unspecified atom stereocenters. The molecule has 1 heterocycles. The lowest BCUT2D eigenvalue weighted by molar-refractivity contribution is 0.619. The number of fused-ring (bicyclic) bond motifs is 1. The van der Waals surface area contributed by atoms with E-state index >= 15 is 0 Å². The standard InChI is InChI=1S/C8H3ClF2S/c9-4-3-12-8-6(11)2-1-5(10)7(4)8/h1-3H. The molecule has 0 nitrogen and oxygen atoms in total. The summed E-state index contributed by atoms with van der Waals surface area (Å²) in [5.41, 5.74) is 0. The Bertz CT molecular complexity index is 436. The van der Waals surface area contributed by atoms with Crippen LogP contribution in [0.25, 0.3) is 10.1 Å². The van der Waals surface area contributed by atoms with Gasteiger partial charge in [-0.2, -0.15) is 0 Å². The van der Waals surface area contributed by atoms with Crippen LogP contribution in [0.5, 0.6) is 0 Å². The largest absolute Gasteiger partial charge is 0.206 e. The zero-order valence-corrected chi connectivity index (χ0v) is 7.35. The Labute approximate surface area is 76.4 Å². The van der Waals surface area contributed by atoms with Gasteiger partial charge in [0.25, 0.3) is 0 Å². The summed E-state index contributed by atoms with van der Waals surface area (Å²) in [6.07, 6.45) is 0. The topological polar surface area (TPSA) is 0 Å². The zero-order chi connectivity index (χ0) is 8.72. The summed E-state index contributed by atoms with van der Waals surface area (Å²) in [6.45, 7) is 0. The van der Waals surface area contributed by atoms with Crippen molar-refractivity contribution in [2.75, 3.05) is 0 Å². The summed E-state index contributed by atoms with van der Waals surface area (Å²) in [5.74, 6) is -0.902. The highest BCUT2D eigenvalue weighted by molar-refractivity contribution is 7.17. The number of benzene rings is 1. The lowest BCUT2D eigenvalue weighted by Crippen LogP contribution is -1.78. The van der Waals surface area contributed by atoms with E-state index < -0.39 is 11.6 Å². The molecule has 0 aliphatic carbocycles. The third-order valence-electron chi connectivity index (χ3n) is 1.58. The minimum absolute atomic E-state index is 0.182. The molecular weight excluding hydrogens is 202 g/mol. The third-order valence-corrected chi connectivity index (χ3v) is 2.99. The van der Waals surface area contributed by atoms with Crippen molar-refractivity contribution in [3.05, 3.63) is 34.2 Å². The van der Waals surface area contributed by atoms with Crippen LogP contribution in [-0.2, 0) is 0 Å². The van der Waals surface area contributed by atoms with Gasteiger partial charge in [0.05, 0.1) is 9.72 Å². The molecule has 2 aromatic rings. The summed E-state index contributed by atoms with van der Waals surface area (Å²) in [4.78, 5) is 0. The van der Waals surface area contributed by atoms with Gasteiger partial charge in [0.15, 0.2) is 0 Å². The van der Waals surface area contributed by atoms with E-state index in [1.165, 1.54) is 5.38 Å². The van der Waals surface area contributed by atoms with Crippen molar-refractivity contribution >= 4 is 33.0 Å². The Morgan fingerprint density at radius 3 is 2.50 bits per heavy atom. The quantitative estimate of drug-likeness (QED) is 0.612. The van der Waals surface area contributed by atoms with E-state index in [4.69, 9.17) is 11.6 Å². The van der Waals surface area contributed by atoms with Crippen molar-refractivity contribution in [1.29, 1.82) is 0 Å². The van der Waals surface area contributed by atoms with E-state index in [9.17, 15) is 8.78 Å². The van der Waals surface area contributed by atoms with Crippen molar-refractivity contribution < 1.29 is 8.78 Å². The first-order chi connectivity index (χ1) is 5.70. The maximum atomic E-state index is 13.0. The van der Waals surface area contributed by atoms with E-state index in [1.54, 1.807) is 0 Å². The second-order valence-electron chi connectivity index (χ2n) is 2.32. The minimum Gasteiger partial charge on any atom is -0.206 e. The molecular formula is C8H3ClF2S. The fourth-order valence-electron chi connectivity index (χ4n) is 1.04. The Morgan fingerprint density at radius 1 is 1.17 bits per heavy atom. The van der Waals surface area contributed by atoms with Crippen LogP contribution in [0.2, 0.25) is 5.02 Å².